The Morgan fingerprint density at radius 1 is 1.24 bits per heavy atom. The summed E-state index contributed by atoms with van der Waals surface area (Å²) >= 11 is 0. The molecule has 1 saturated carbocycles. The Morgan fingerprint density at radius 3 is 2.68 bits per heavy atom. The summed E-state index contributed by atoms with van der Waals surface area (Å²) in [5.41, 5.74) is 2.92. The monoisotopic (exact) mass is 357 g/mol. The van der Waals surface area contributed by atoms with Crippen LogP contribution in [0, 0.1) is 13.8 Å². The second-order valence-corrected chi connectivity index (χ2v) is 8.18. The van der Waals surface area contributed by atoms with E-state index in [1.165, 1.54) is 0 Å². The summed E-state index contributed by atoms with van der Waals surface area (Å²) in [7, 11) is -3.63. The van der Waals surface area contributed by atoms with Crippen LogP contribution in [0.15, 0.2) is 39.9 Å². The lowest BCUT2D eigenvalue weighted by Gasteiger charge is -2.26. The molecule has 0 unspecified atom stereocenters. The molecule has 1 aliphatic rings. The number of hydrogen-bond donors (Lipinski definition) is 1. The minimum atomic E-state index is -3.63. The molecular formula is C18H19N3O3S. The van der Waals surface area contributed by atoms with Crippen LogP contribution in [0.1, 0.15) is 30.7 Å². The highest BCUT2D eigenvalue weighted by Crippen LogP contribution is 2.33. The van der Waals surface area contributed by atoms with Crippen molar-refractivity contribution in [2.75, 3.05) is 0 Å². The summed E-state index contributed by atoms with van der Waals surface area (Å²) in [5.74, 6) is 0.656. The number of hydrogen-bond acceptors (Lipinski definition) is 5. The Kier molecular flexibility index (Phi) is 3.85. The van der Waals surface area contributed by atoms with Gasteiger partial charge in [-0.2, -0.15) is 0 Å². The van der Waals surface area contributed by atoms with E-state index in [4.69, 9.17) is 4.52 Å². The van der Waals surface area contributed by atoms with Crippen molar-refractivity contribution in [1.82, 2.24) is 14.9 Å². The molecule has 1 N–H and O–H groups in total. The number of aromatic nitrogens is 2. The predicted octanol–water partition coefficient (Wildman–Crippen LogP) is 3.34. The normalized spacial score (nSPS) is 15.4. The number of fused-ring (bicyclic) bond motifs is 1. The largest absolute Gasteiger partial charge is 0.361 e. The molecule has 2 heterocycles. The fourth-order valence-corrected chi connectivity index (χ4v) is 4.77. The van der Waals surface area contributed by atoms with Gasteiger partial charge in [0.2, 0.25) is 10.0 Å². The Balaban J connectivity index is 1.93. The Labute approximate surface area is 146 Å². The van der Waals surface area contributed by atoms with Crippen molar-refractivity contribution in [1.29, 1.82) is 0 Å². The van der Waals surface area contributed by atoms with E-state index in [1.54, 1.807) is 24.4 Å². The van der Waals surface area contributed by atoms with Crippen molar-refractivity contribution in [3.05, 3.63) is 41.9 Å². The summed E-state index contributed by atoms with van der Waals surface area (Å²) in [4.78, 5) is 4.61. The Morgan fingerprint density at radius 2 is 2.04 bits per heavy atom. The predicted molar refractivity (Wildman–Crippen MR) is 94.7 cm³/mol. The van der Waals surface area contributed by atoms with Gasteiger partial charge in [0.15, 0.2) is 0 Å². The van der Waals surface area contributed by atoms with Gasteiger partial charge in [-0.15, -0.1) is 0 Å². The molecule has 6 nitrogen and oxygen atoms in total. The van der Waals surface area contributed by atoms with Gasteiger partial charge in [-0.3, -0.25) is 4.98 Å². The van der Waals surface area contributed by atoms with Gasteiger partial charge in [0.1, 0.15) is 5.76 Å². The lowest BCUT2D eigenvalue weighted by Crippen LogP contribution is -2.39. The topological polar surface area (TPSA) is 85.1 Å². The molecular weight excluding hydrogens is 338 g/mol. The highest BCUT2D eigenvalue weighted by atomic mass is 32.2. The smallest absolute Gasteiger partial charge is 0.241 e. The highest BCUT2D eigenvalue weighted by molar-refractivity contribution is 7.89. The van der Waals surface area contributed by atoms with E-state index in [1.807, 2.05) is 19.9 Å². The van der Waals surface area contributed by atoms with Crippen molar-refractivity contribution in [3.63, 3.8) is 0 Å². The third-order valence-corrected chi connectivity index (χ3v) is 6.28. The molecule has 3 aromatic rings. The zero-order chi connectivity index (χ0) is 17.6. The molecule has 0 saturated heterocycles. The molecule has 130 valence electrons. The van der Waals surface area contributed by atoms with Crippen LogP contribution in [-0.4, -0.2) is 24.6 Å². The first-order chi connectivity index (χ1) is 12.0. The molecule has 0 spiro atoms. The quantitative estimate of drug-likeness (QED) is 0.774. The SMILES string of the molecule is Cc1noc(C)c1-c1cc(S(=O)(=O)NC2CCC2)c2cccnc2c1. The zero-order valence-electron chi connectivity index (χ0n) is 14.1. The van der Waals surface area contributed by atoms with Crippen molar-refractivity contribution in [2.45, 2.75) is 44.0 Å². The number of nitrogens with one attached hydrogen (secondary N) is 1. The van der Waals surface area contributed by atoms with Gasteiger partial charge in [0.05, 0.1) is 16.1 Å². The maximum absolute atomic E-state index is 13.0. The fourth-order valence-electron chi connectivity index (χ4n) is 3.22. The summed E-state index contributed by atoms with van der Waals surface area (Å²) < 4.78 is 34.0. The number of rotatable bonds is 4. The third-order valence-electron chi connectivity index (χ3n) is 4.72. The highest BCUT2D eigenvalue weighted by Gasteiger charge is 2.27. The van der Waals surface area contributed by atoms with E-state index in [2.05, 4.69) is 14.9 Å². The molecule has 1 aliphatic carbocycles. The number of benzene rings is 1. The fraction of sp³-hybridized carbons (Fsp3) is 0.333. The molecule has 7 heteroatoms. The van der Waals surface area contributed by atoms with Crippen LogP contribution in [-0.2, 0) is 10.0 Å². The number of nitrogens with zero attached hydrogens (tertiary/aromatic N) is 2. The van der Waals surface area contributed by atoms with Gasteiger partial charge < -0.3 is 4.52 Å². The van der Waals surface area contributed by atoms with Gasteiger partial charge in [-0.1, -0.05) is 11.6 Å². The lowest BCUT2D eigenvalue weighted by atomic mass is 9.94. The first-order valence-corrected chi connectivity index (χ1v) is 9.78. The number of sulfonamides is 1. The van der Waals surface area contributed by atoms with Crippen molar-refractivity contribution in [3.8, 4) is 11.1 Å². The van der Waals surface area contributed by atoms with Gasteiger partial charge >= 0.3 is 0 Å². The molecule has 0 radical (unpaired) electrons. The second-order valence-electron chi connectivity index (χ2n) is 6.49. The van der Waals surface area contributed by atoms with Crippen LogP contribution in [0.5, 0.6) is 0 Å². The van der Waals surface area contributed by atoms with E-state index >= 15 is 0 Å². The Hall–Kier alpha value is -2.25. The van der Waals surface area contributed by atoms with Crippen LogP contribution in [0.4, 0.5) is 0 Å². The third kappa shape index (κ3) is 2.83. The van der Waals surface area contributed by atoms with Gasteiger partial charge in [0, 0.05) is 23.2 Å². The van der Waals surface area contributed by atoms with Crippen LogP contribution >= 0.6 is 0 Å². The molecule has 0 atom stereocenters. The minimum Gasteiger partial charge on any atom is -0.361 e. The van der Waals surface area contributed by atoms with E-state index in [0.29, 0.717) is 16.7 Å². The molecule has 0 bridgehead atoms. The maximum Gasteiger partial charge on any atom is 0.241 e. The maximum atomic E-state index is 13.0. The summed E-state index contributed by atoms with van der Waals surface area (Å²) in [6.45, 7) is 3.66. The summed E-state index contributed by atoms with van der Waals surface area (Å²) in [6, 6.07) is 7.14. The number of pyridine rings is 1. The molecule has 2 aromatic heterocycles. The summed E-state index contributed by atoms with van der Waals surface area (Å²) in [6.07, 6.45) is 4.50. The average Bonchev–Trinajstić information content (AvgIpc) is 2.89. The van der Waals surface area contributed by atoms with Crippen molar-refractivity contribution < 1.29 is 12.9 Å². The van der Waals surface area contributed by atoms with Gasteiger partial charge in [-0.05, 0) is 56.5 Å². The molecule has 1 aromatic carbocycles. The van der Waals surface area contributed by atoms with E-state index in [0.717, 1.165) is 36.1 Å². The second kappa shape index (κ2) is 5.93. The average molecular weight is 357 g/mol. The van der Waals surface area contributed by atoms with Crippen LogP contribution in [0.3, 0.4) is 0 Å². The molecule has 0 aliphatic heterocycles. The Bertz CT molecular complexity index is 1030. The van der Waals surface area contributed by atoms with E-state index in [9.17, 15) is 8.42 Å². The van der Waals surface area contributed by atoms with Gasteiger partial charge in [0.25, 0.3) is 0 Å². The minimum absolute atomic E-state index is 0.0273. The zero-order valence-corrected chi connectivity index (χ0v) is 14.9. The first-order valence-electron chi connectivity index (χ1n) is 8.30. The van der Waals surface area contributed by atoms with Crippen LogP contribution in [0.2, 0.25) is 0 Å². The molecule has 0 amide bonds. The van der Waals surface area contributed by atoms with Crippen LogP contribution < -0.4 is 4.72 Å². The van der Waals surface area contributed by atoms with E-state index in [-0.39, 0.29) is 10.9 Å². The van der Waals surface area contributed by atoms with Gasteiger partial charge in [-0.25, -0.2) is 13.1 Å². The van der Waals surface area contributed by atoms with Crippen LogP contribution in [0.25, 0.3) is 22.0 Å². The van der Waals surface area contributed by atoms with Crippen molar-refractivity contribution in [2.24, 2.45) is 0 Å². The standard InChI is InChI=1S/C18H19N3O3S/c1-11-18(12(2)24-20-11)13-9-16-15(7-4-8-19-16)17(10-13)25(22,23)21-14-5-3-6-14/h4,7-10,14,21H,3,5-6H2,1-2H3. The van der Waals surface area contributed by atoms with Crippen molar-refractivity contribution >= 4 is 20.9 Å². The first kappa shape index (κ1) is 16.2. The molecule has 1 fully saturated rings. The number of aryl methyl sites for hydroxylation is 2. The summed E-state index contributed by atoms with van der Waals surface area (Å²) in [5, 5.41) is 4.59. The lowest BCUT2D eigenvalue weighted by molar-refractivity contribution is 0.383. The molecule has 4 rings (SSSR count). The molecule has 25 heavy (non-hydrogen) atoms. The van der Waals surface area contributed by atoms with E-state index < -0.39 is 10.0 Å².